The summed E-state index contributed by atoms with van der Waals surface area (Å²) in [5, 5.41) is 6.45. The second-order valence-electron chi connectivity index (χ2n) is 15.9. The van der Waals surface area contributed by atoms with Gasteiger partial charge in [0.15, 0.2) is 0 Å². The van der Waals surface area contributed by atoms with Gasteiger partial charge in [-0.05, 0) is 103 Å². The van der Waals surface area contributed by atoms with Gasteiger partial charge < -0.3 is 14.4 Å². The molecule has 4 heteroatoms. The molecule has 6 aromatic carbocycles. The van der Waals surface area contributed by atoms with Crippen molar-refractivity contribution in [1.82, 2.24) is 9.97 Å². The number of rotatable bonds is 5. The molecule has 3 aromatic heterocycles. The van der Waals surface area contributed by atoms with Crippen LogP contribution in [-0.4, -0.2) is 9.97 Å². The normalized spacial score (nSPS) is 13.6. The zero-order valence-electron chi connectivity index (χ0n) is 38.3. The summed E-state index contributed by atoms with van der Waals surface area (Å²) in [7, 11) is 0. The Balaban J connectivity index is 0.000000286. The van der Waals surface area contributed by atoms with Gasteiger partial charge in [0.25, 0.3) is 0 Å². The van der Waals surface area contributed by atoms with Crippen molar-refractivity contribution in [3.63, 3.8) is 0 Å². The van der Waals surface area contributed by atoms with E-state index in [1.54, 1.807) is 33.8 Å². The summed E-state index contributed by atoms with van der Waals surface area (Å²) in [6, 6.07) is 46.6. The molecule has 287 valence electrons. The van der Waals surface area contributed by atoms with Gasteiger partial charge in [0.1, 0.15) is 5.58 Å². The number of fused-ring (bicyclic) bond motifs is 6. The van der Waals surface area contributed by atoms with Crippen LogP contribution >= 0.6 is 0 Å². The van der Waals surface area contributed by atoms with E-state index in [1.165, 1.54) is 11.8 Å². The summed E-state index contributed by atoms with van der Waals surface area (Å²) in [6.07, 6.45) is 3.37. The maximum atomic E-state index is 8.95. The Hall–Kier alpha value is -5.41. The molecule has 0 aliphatic rings. The fraction of sp³-hybridized carbons (Fsp3) is 0.208. The number of hydrogen-bond acceptors (Lipinski definition) is 3. The summed E-state index contributed by atoms with van der Waals surface area (Å²) in [6.45, 7) is 11.3. The molecule has 0 bridgehead atoms. The van der Waals surface area contributed by atoms with Gasteiger partial charge in [-0.25, -0.2) is 0 Å². The van der Waals surface area contributed by atoms with Gasteiger partial charge in [0, 0.05) is 44.7 Å². The van der Waals surface area contributed by atoms with Crippen molar-refractivity contribution in [2.75, 3.05) is 0 Å². The predicted octanol–water partition coefficient (Wildman–Crippen LogP) is 14.8. The number of hydrogen-bond donors (Lipinski definition) is 0. The van der Waals surface area contributed by atoms with Crippen molar-refractivity contribution >= 4 is 43.5 Å². The van der Waals surface area contributed by atoms with Crippen LogP contribution in [0.15, 0.2) is 138 Å². The van der Waals surface area contributed by atoms with E-state index in [2.05, 4.69) is 91.4 Å². The quantitative estimate of drug-likeness (QED) is 0.128. The van der Waals surface area contributed by atoms with Gasteiger partial charge in [-0.1, -0.05) is 132 Å². The maximum absolute atomic E-state index is 8.95. The molecular weight excluding hydrogens is 873 g/mol. The summed E-state index contributed by atoms with van der Waals surface area (Å²) in [4.78, 5) is 9.12. The van der Waals surface area contributed by atoms with Crippen molar-refractivity contribution in [3.8, 4) is 33.6 Å². The molecule has 9 rings (SSSR count). The number of aromatic nitrogens is 2. The Bertz CT molecular complexity index is 3060. The largest absolute Gasteiger partial charge is 0.501 e. The van der Waals surface area contributed by atoms with Crippen molar-refractivity contribution in [1.29, 1.82) is 0 Å². The van der Waals surface area contributed by atoms with E-state index in [1.807, 2.05) is 72.9 Å². The fourth-order valence-electron chi connectivity index (χ4n) is 7.30. The van der Waals surface area contributed by atoms with Crippen LogP contribution in [0.2, 0.25) is 0 Å². The SMILES string of the molecule is CC(C)(C)c1ccc(-c2[c-]cccc2)nc1.[2H]C([2H])([2H])c1cnc(-c2[c-]ccc3c2oc2cc4c(ccc5ccccc54)cc23)cc1-c1ccc(C([2H])(C)C)cc1C([2H])(C)C.[Ir]. The first-order chi connectivity index (χ1) is 28.8. The van der Waals surface area contributed by atoms with E-state index in [9.17, 15) is 0 Å². The minimum absolute atomic E-state index is 0. The third-order valence-electron chi connectivity index (χ3n) is 10.5. The average molecular weight is 926 g/mol. The molecule has 9 aromatic rings. The van der Waals surface area contributed by atoms with E-state index in [4.69, 9.17) is 11.3 Å². The zero-order valence-corrected chi connectivity index (χ0v) is 35.7. The number of furan rings is 1. The smallest absolute Gasteiger partial charge is 0.121 e. The van der Waals surface area contributed by atoms with Crippen LogP contribution in [0.25, 0.3) is 77.1 Å². The number of benzene rings is 6. The molecule has 0 spiro atoms. The van der Waals surface area contributed by atoms with Crippen LogP contribution in [0.1, 0.15) is 89.4 Å². The third kappa shape index (κ3) is 7.95. The summed E-state index contributed by atoms with van der Waals surface area (Å²) in [5.74, 6) is -1.93. The van der Waals surface area contributed by atoms with Crippen LogP contribution in [0.5, 0.6) is 0 Å². The maximum Gasteiger partial charge on any atom is 0.121 e. The van der Waals surface area contributed by atoms with Crippen LogP contribution in [0.4, 0.5) is 0 Å². The second-order valence-corrected chi connectivity index (χ2v) is 15.9. The fourth-order valence-corrected chi connectivity index (χ4v) is 7.30. The minimum atomic E-state index is -2.43. The molecule has 0 unspecified atom stereocenters. The van der Waals surface area contributed by atoms with Gasteiger partial charge >= 0.3 is 0 Å². The summed E-state index contributed by atoms with van der Waals surface area (Å²) in [5.41, 5.74) is 8.58. The molecule has 0 aliphatic carbocycles. The van der Waals surface area contributed by atoms with E-state index < -0.39 is 18.6 Å². The number of pyridine rings is 2. The topological polar surface area (TPSA) is 38.9 Å². The van der Waals surface area contributed by atoms with Crippen molar-refractivity contribution in [2.45, 2.75) is 72.5 Å². The monoisotopic (exact) mass is 926 g/mol. The first-order valence-electron chi connectivity index (χ1n) is 21.6. The Morgan fingerprint density at radius 3 is 2.16 bits per heavy atom. The Labute approximate surface area is 357 Å². The molecule has 0 atom stereocenters. The first kappa shape index (κ1) is 33.7. The number of nitrogens with zero attached hydrogens (tertiary/aromatic N) is 2. The number of aryl methyl sites for hydroxylation is 1. The van der Waals surface area contributed by atoms with Crippen molar-refractivity contribution in [3.05, 3.63) is 168 Å². The molecule has 0 fully saturated rings. The van der Waals surface area contributed by atoms with Gasteiger partial charge in [-0.3, -0.25) is 0 Å². The van der Waals surface area contributed by atoms with Crippen LogP contribution in [0, 0.1) is 19.0 Å². The Morgan fingerprint density at radius 1 is 0.649 bits per heavy atom. The molecule has 3 nitrogen and oxygen atoms in total. The molecule has 57 heavy (non-hydrogen) atoms. The molecule has 0 aliphatic heterocycles. The van der Waals surface area contributed by atoms with E-state index >= 15 is 0 Å². The van der Waals surface area contributed by atoms with E-state index in [-0.39, 0.29) is 31.1 Å². The first-order valence-corrected chi connectivity index (χ1v) is 19.1. The molecule has 0 amide bonds. The van der Waals surface area contributed by atoms with Gasteiger partial charge in [0.05, 0.1) is 5.58 Å². The molecule has 3 heterocycles. The molecule has 0 N–H and O–H groups in total. The van der Waals surface area contributed by atoms with Crippen LogP contribution in [0.3, 0.4) is 0 Å². The van der Waals surface area contributed by atoms with Gasteiger partial charge in [-0.15, -0.1) is 54.1 Å². The van der Waals surface area contributed by atoms with Crippen molar-refractivity contribution in [2.24, 2.45) is 0 Å². The molecular formula is C53H48IrN2O-2. The average Bonchev–Trinajstić information content (AvgIpc) is 3.59. The van der Waals surface area contributed by atoms with Crippen LogP contribution in [-0.2, 0) is 25.5 Å². The summed E-state index contributed by atoms with van der Waals surface area (Å²) >= 11 is 0. The minimum Gasteiger partial charge on any atom is -0.501 e. The third-order valence-corrected chi connectivity index (χ3v) is 10.5. The van der Waals surface area contributed by atoms with E-state index in [0.717, 1.165) is 54.7 Å². The summed E-state index contributed by atoms with van der Waals surface area (Å²) < 4.78 is 49.0. The second kappa shape index (κ2) is 16.2. The molecule has 0 saturated carbocycles. The van der Waals surface area contributed by atoms with E-state index in [0.29, 0.717) is 33.5 Å². The Morgan fingerprint density at radius 2 is 1.44 bits per heavy atom. The standard InChI is InChI=1S/C38H32NO.C15H16N.Ir/c1-22(2)26-15-16-29(32(17-26)23(3)4)33-19-36(39-21-24(33)5)31-12-8-11-30-35-18-27-14-13-25-9-6-7-10-28(25)34(27)20-37(35)40-38(30)31;1-15(2,3)13-9-10-14(16-11-13)12-7-5-4-6-8-12;/h6-11,13-23H,1-5H3;4-7,9-11H,1-3H3;/q2*-1;/i5D3,22D,23D;;. The zero-order chi connectivity index (χ0) is 43.5. The van der Waals surface area contributed by atoms with Gasteiger partial charge in [0.2, 0.25) is 0 Å². The predicted molar refractivity (Wildman–Crippen MR) is 236 cm³/mol. The van der Waals surface area contributed by atoms with Crippen LogP contribution < -0.4 is 0 Å². The molecule has 1 radical (unpaired) electrons. The molecule has 0 saturated heterocycles. The van der Waals surface area contributed by atoms with Crippen molar-refractivity contribution < 1.29 is 31.4 Å². The Kier molecular flexibility index (Phi) is 9.59. The van der Waals surface area contributed by atoms with Gasteiger partial charge in [-0.2, -0.15) is 0 Å².